The van der Waals surface area contributed by atoms with E-state index >= 15 is 0 Å². The molecule has 1 aliphatic rings. The summed E-state index contributed by atoms with van der Waals surface area (Å²) < 4.78 is 10.4. The third kappa shape index (κ3) is 3.80. The first-order valence-corrected chi connectivity index (χ1v) is 7.35. The fraction of sp³-hybridized carbons (Fsp3) is 0.533. The van der Waals surface area contributed by atoms with Crippen LogP contribution in [0.25, 0.3) is 0 Å². The number of ether oxygens (including phenoxy) is 2. The van der Waals surface area contributed by atoms with E-state index in [1.54, 1.807) is 12.1 Å². The number of methoxy groups -OCH3 is 2. The molecule has 5 nitrogen and oxygen atoms in total. The largest absolute Gasteiger partial charge is 0.495 e. The lowest BCUT2D eigenvalue weighted by molar-refractivity contribution is -0.117. The van der Waals surface area contributed by atoms with Crippen LogP contribution >= 0.6 is 11.6 Å². The van der Waals surface area contributed by atoms with Gasteiger partial charge in [-0.15, -0.1) is 0 Å². The van der Waals surface area contributed by atoms with Gasteiger partial charge in [-0.25, -0.2) is 0 Å². The highest BCUT2D eigenvalue weighted by Crippen LogP contribution is 2.36. The molecule has 1 saturated carbocycles. The predicted molar refractivity (Wildman–Crippen MR) is 83.2 cm³/mol. The maximum atomic E-state index is 12.2. The molecular weight excluding hydrogens is 292 g/mol. The van der Waals surface area contributed by atoms with Gasteiger partial charge < -0.3 is 20.5 Å². The van der Waals surface area contributed by atoms with Crippen LogP contribution in [-0.2, 0) is 4.79 Å². The average molecular weight is 313 g/mol. The number of hydrogen-bond donors (Lipinski definition) is 2. The van der Waals surface area contributed by atoms with Crippen LogP contribution in [0.5, 0.6) is 11.5 Å². The maximum absolute atomic E-state index is 12.2. The number of halogens is 1. The zero-order valence-electron chi connectivity index (χ0n) is 12.4. The Bertz CT molecular complexity index is 528. The average Bonchev–Trinajstić information content (AvgIpc) is 2.86. The van der Waals surface area contributed by atoms with Crippen LogP contribution in [0.2, 0.25) is 5.02 Å². The second-order valence-electron chi connectivity index (χ2n) is 5.48. The molecule has 0 bridgehead atoms. The third-order valence-corrected chi connectivity index (χ3v) is 4.16. The number of hydrogen-bond acceptors (Lipinski definition) is 4. The number of anilines is 1. The van der Waals surface area contributed by atoms with Crippen LogP contribution in [-0.4, -0.2) is 25.7 Å². The van der Waals surface area contributed by atoms with Gasteiger partial charge in [-0.3, -0.25) is 4.79 Å². The minimum atomic E-state index is -0.381. The van der Waals surface area contributed by atoms with E-state index in [4.69, 9.17) is 26.8 Å². The first kappa shape index (κ1) is 15.9. The Labute approximate surface area is 129 Å². The Morgan fingerprint density at radius 1 is 1.29 bits per heavy atom. The van der Waals surface area contributed by atoms with Gasteiger partial charge >= 0.3 is 0 Å². The van der Waals surface area contributed by atoms with E-state index in [-0.39, 0.29) is 11.4 Å². The molecule has 1 aromatic carbocycles. The number of rotatable bonds is 5. The molecule has 1 aliphatic carbocycles. The standard InChI is InChI=1S/C15H21ClN2O3/c1-20-12-8-11(13(21-2)7-10(12)16)18-14(19)9-15(17)5-3-4-6-15/h7-8H,3-6,9,17H2,1-2H3,(H,18,19). The Kier molecular flexibility index (Phi) is 4.96. The summed E-state index contributed by atoms with van der Waals surface area (Å²) in [6, 6.07) is 3.26. The van der Waals surface area contributed by atoms with Gasteiger partial charge in [-0.2, -0.15) is 0 Å². The Morgan fingerprint density at radius 3 is 2.48 bits per heavy atom. The molecule has 1 aromatic rings. The number of benzene rings is 1. The smallest absolute Gasteiger partial charge is 0.226 e. The van der Waals surface area contributed by atoms with Crippen molar-refractivity contribution < 1.29 is 14.3 Å². The summed E-state index contributed by atoms with van der Waals surface area (Å²) in [6.07, 6.45) is 4.26. The van der Waals surface area contributed by atoms with E-state index in [2.05, 4.69) is 5.32 Å². The molecule has 1 amide bonds. The summed E-state index contributed by atoms with van der Waals surface area (Å²) in [6.45, 7) is 0. The minimum Gasteiger partial charge on any atom is -0.495 e. The monoisotopic (exact) mass is 312 g/mol. The summed E-state index contributed by atoms with van der Waals surface area (Å²) in [5, 5.41) is 3.26. The van der Waals surface area contributed by atoms with Crippen molar-refractivity contribution >= 4 is 23.2 Å². The van der Waals surface area contributed by atoms with Crippen LogP contribution in [0.4, 0.5) is 5.69 Å². The highest BCUT2D eigenvalue weighted by atomic mass is 35.5. The van der Waals surface area contributed by atoms with Crippen molar-refractivity contribution in [2.24, 2.45) is 5.73 Å². The molecule has 0 unspecified atom stereocenters. The van der Waals surface area contributed by atoms with Gasteiger partial charge in [0, 0.05) is 24.1 Å². The number of amides is 1. The summed E-state index contributed by atoms with van der Waals surface area (Å²) in [4.78, 5) is 12.2. The maximum Gasteiger partial charge on any atom is 0.226 e. The fourth-order valence-electron chi connectivity index (χ4n) is 2.73. The minimum absolute atomic E-state index is 0.123. The molecule has 2 rings (SSSR count). The van der Waals surface area contributed by atoms with Crippen LogP contribution < -0.4 is 20.5 Å². The molecule has 0 radical (unpaired) electrons. The first-order chi connectivity index (χ1) is 9.97. The molecule has 0 spiro atoms. The highest BCUT2D eigenvalue weighted by Gasteiger charge is 2.31. The van der Waals surface area contributed by atoms with Crippen LogP contribution in [0.3, 0.4) is 0 Å². The van der Waals surface area contributed by atoms with Gasteiger partial charge in [0.05, 0.1) is 24.9 Å². The molecule has 21 heavy (non-hydrogen) atoms. The number of nitrogens with two attached hydrogens (primary N) is 1. The molecule has 0 atom stereocenters. The lowest BCUT2D eigenvalue weighted by Gasteiger charge is -2.23. The summed E-state index contributed by atoms with van der Waals surface area (Å²) in [7, 11) is 3.04. The van der Waals surface area contributed by atoms with Crippen molar-refractivity contribution in [3.8, 4) is 11.5 Å². The molecule has 3 N–H and O–H groups in total. The van der Waals surface area contributed by atoms with Crippen molar-refractivity contribution in [1.82, 2.24) is 0 Å². The van der Waals surface area contributed by atoms with Gasteiger partial charge in [-0.1, -0.05) is 24.4 Å². The number of nitrogens with one attached hydrogen (secondary N) is 1. The van der Waals surface area contributed by atoms with Crippen molar-refractivity contribution in [3.05, 3.63) is 17.2 Å². The molecule has 0 aromatic heterocycles. The number of carbonyl (C=O) groups excluding carboxylic acids is 1. The molecule has 1 fully saturated rings. The van der Waals surface area contributed by atoms with Crippen molar-refractivity contribution in [2.45, 2.75) is 37.6 Å². The third-order valence-electron chi connectivity index (χ3n) is 3.86. The van der Waals surface area contributed by atoms with Crippen molar-refractivity contribution in [2.75, 3.05) is 19.5 Å². The Hall–Kier alpha value is -1.46. The lowest BCUT2D eigenvalue weighted by atomic mass is 9.94. The summed E-state index contributed by atoms with van der Waals surface area (Å²) >= 11 is 6.04. The van der Waals surface area contributed by atoms with Gasteiger partial charge in [0.25, 0.3) is 0 Å². The summed E-state index contributed by atoms with van der Waals surface area (Å²) in [5.41, 5.74) is 6.38. The summed E-state index contributed by atoms with van der Waals surface area (Å²) in [5.74, 6) is 0.852. The Morgan fingerprint density at radius 2 is 1.90 bits per heavy atom. The molecular formula is C15H21ClN2O3. The molecule has 6 heteroatoms. The van der Waals surface area contributed by atoms with Crippen LogP contribution in [0.15, 0.2) is 12.1 Å². The molecule has 116 valence electrons. The van der Waals surface area contributed by atoms with E-state index in [1.807, 2.05) is 0 Å². The predicted octanol–water partition coefficient (Wildman–Crippen LogP) is 2.96. The normalized spacial score (nSPS) is 16.6. The van der Waals surface area contributed by atoms with E-state index in [0.717, 1.165) is 25.7 Å². The van der Waals surface area contributed by atoms with E-state index in [0.29, 0.717) is 28.6 Å². The second-order valence-corrected chi connectivity index (χ2v) is 5.89. The van der Waals surface area contributed by atoms with Crippen LogP contribution in [0, 0.1) is 0 Å². The lowest BCUT2D eigenvalue weighted by Crippen LogP contribution is -2.40. The zero-order valence-corrected chi connectivity index (χ0v) is 13.1. The van der Waals surface area contributed by atoms with Crippen molar-refractivity contribution in [3.63, 3.8) is 0 Å². The number of carbonyl (C=O) groups is 1. The SMILES string of the molecule is COc1cc(NC(=O)CC2(N)CCCC2)c(OC)cc1Cl. The van der Waals surface area contributed by atoms with E-state index in [1.165, 1.54) is 14.2 Å². The van der Waals surface area contributed by atoms with Gasteiger partial charge in [-0.05, 0) is 12.8 Å². The topological polar surface area (TPSA) is 73.6 Å². The van der Waals surface area contributed by atoms with E-state index < -0.39 is 0 Å². The first-order valence-electron chi connectivity index (χ1n) is 6.98. The second kappa shape index (κ2) is 6.54. The van der Waals surface area contributed by atoms with Crippen LogP contribution in [0.1, 0.15) is 32.1 Å². The molecule has 0 heterocycles. The fourth-order valence-corrected chi connectivity index (χ4v) is 2.96. The van der Waals surface area contributed by atoms with E-state index in [9.17, 15) is 4.79 Å². The van der Waals surface area contributed by atoms with Gasteiger partial charge in [0.2, 0.25) is 5.91 Å². The zero-order chi connectivity index (χ0) is 15.5. The molecule has 0 aliphatic heterocycles. The van der Waals surface area contributed by atoms with Crippen molar-refractivity contribution in [1.29, 1.82) is 0 Å². The highest BCUT2D eigenvalue weighted by molar-refractivity contribution is 6.32. The quantitative estimate of drug-likeness (QED) is 0.876. The Balaban J connectivity index is 2.12. The molecule has 0 saturated heterocycles. The van der Waals surface area contributed by atoms with Gasteiger partial charge in [0.15, 0.2) is 0 Å². The van der Waals surface area contributed by atoms with Gasteiger partial charge in [0.1, 0.15) is 11.5 Å².